The fraction of sp³-hybridized carbons (Fsp3) is 0.900. The lowest BCUT2D eigenvalue weighted by Crippen LogP contribution is -2.42. The Bertz CT molecular complexity index is 227. The number of halogens is 1. The third kappa shape index (κ3) is 3.44. The highest BCUT2D eigenvalue weighted by Gasteiger charge is 2.37. The highest BCUT2D eigenvalue weighted by Crippen LogP contribution is 2.37. The van der Waals surface area contributed by atoms with Gasteiger partial charge in [-0.1, -0.05) is 27.7 Å². The van der Waals surface area contributed by atoms with E-state index in [0.717, 1.165) is 31.1 Å². The van der Waals surface area contributed by atoms with Crippen molar-refractivity contribution >= 4 is 32.7 Å². The molecule has 1 aliphatic heterocycles. The van der Waals surface area contributed by atoms with Gasteiger partial charge in [-0.15, -0.1) is 0 Å². The Morgan fingerprint density at radius 2 is 2.20 bits per heavy atom. The van der Waals surface area contributed by atoms with Crippen LogP contribution in [0.3, 0.4) is 0 Å². The molecule has 0 spiro atoms. The summed E-state index contributed by atoms with van der Waals surface area (Å²) in [6.45, 7) is 4.37. The lowest BCUT2D eigenvalue weighted by atomic mass is 9.81. The number of aliphatic imine (C=N–C) groups is 1. The summed E-state index contributed by atoms with van der Waals surface area (Å²) >= 11 is 5.31. The maximum Gasteiger partial charge on any atom is 0.0759 e. The van der Waals surface area contributed by atoms with E-state index in [1.807, 2.05) is 7.05 Å². The van der Waals surface area contributed by atoms with E-state index in [1.54, 1.807) is 11.8 Å². The molecule has 5 heteroatoms. The van der Waals surface area contributed by atoms with E-state index < -0.39 is 0 Å². The number of alkyl halides is 1. The fourth-order valence-electron chi connectivity index (χ4n) is 1.84. The van der Waals surface area contributed by atoms with Gasteiger partial charge >= 0.3 is 0 Å². The van der Waals surface area contributed by atoms with Crippen molar-refractivity contribution in [3.63, 3.8) is 0 Å². The monoisotopic (exact) mass is 294 g/mol. The summed E-state index contributed by atoms with van der Waals surface area (Å²) in [6.07, 6.45) is 1.98. The molecule has 1 aliphatic rings. The first-order valence-electron chi connectivity index (χ1n) is 5.20. The van der Waals surface area contributed by atoms with E-state index in [2.05, 4.69) is 27.8 Å². The van der Waals surface area contributed by atoms with Gasteiger partial charge in [0.2, 0.25) is 0 Å². The Labute approximate surface area is 104 Å². The van der Waals surface area contributed by atoms with Gasteiger partial charge in [0.15, 0.2) is 0 Å². The van der Waals surface area contributed by atoms with Crippen LogP contribution in [-0.2, 0) is 4.74 Å². The van der Waals surface area contributed by atoms with Crippen LogP contribution >= 0.6 is 27.7 Å². The lowest BCUT2D eigenvalue weighted by molar-refractivity contribution is 0.0498. The number of thioether (sulfide) groups is 1. The molecule has 1 atom stereocenters. The normalized spacial score (nSPS) is 23.9. The van der Waals surface area contributed by atoms with Crippen molar-refractivity contribution in [1.82, 2.24) is 0 Å². The SMILES string of the molecule is CN=C(SC(C)Br)C1(CN)CCOCC1. The molecule has 1 unspecified atom stereocenters. The van der Waals surface area contributed by atoms with Gasteiger partial charge in [-0.2, -0.15) is 0 Å². The zero-order chi connectivity index (χ0) is 11.3. The Morgan fingerprint density at radius 1 is 1.60 bits per heavy atom. The van der Waals surface area contributed by atoms with E-state index in [1.165, 1.54) is 0 Å². The molecule has 0 bridgehead atoms. The average molecular weight is 295 g/mol. The zero-order valence-corrected chi connectivity index (χ0v) is 11.7. The minimum absolute atomic E-state index is 0.0553. The Balaban J connectivity index is 2.77. The minimum atomic E-state index is 0.0553. The van der Waals surface area contributed by atoms with Gasteiger partial charge in [-0.3, -0.25) is 4.99 Å². The van der Waals surface area contributed by atoms with Gasteiger partial charge < -0.3 is 10.5 Å². The van der Waals surface area contributed by atoms with Crippen LogP contribution in [0.25, 0.3) is 0 Å². The number of hydrogen-bond acceptors (Lipinski definition) is 4. The van der Waals surface area contributed by atoms with E-state index >= 15 is 0 Å². The topological polar surface area (TPSA) is 47.6 Å². The van der Waals surface area contributed by atoms with Gasteiger partial charge in [-0.25, -0.2) is 0 Å². The average Bonchev–Trinajstić information content (AvgIpc) is 2.26. The molecule has 3 nitrogen and oxygen atoms in total. The van der Waals surface area contributed by atoms with Gasteiger partial charge in [0, 0.05) is 32.2 Å². The fourth-order valence-corrected chi connectivity index (χ4v) is 3.32. The molecular weight excluding hydrogens is 276 g/mol. The first kappa shape index (κ1) is 13.5. The number of nitrogens with zero attached hydrogens (tertiary/aromatic N) is 1. The molecule has 0 amide bonds. The molecular formula is C10H19BrN2OS. The Morgan fingerprint density at radius 3 is 2.60 bits per heavy atom. The van der Waals surface area contributed by atoms with Crippen molar-refractivity contribution in [3.05, 3.63) is 0 Å². The smallest absolute Gasteiger partial charge is 0.0759 e. The molecule has 1 rings (SSSR count). The molecule has 0 aliphatic carbocycles. The predicted octanol–water partition coefficient (Wildman–Crippen LogP) is 2.24. The summed E-state index contributed by atoms with van der Waals surface area (Å²) in [5, 5.41) is 1.16. The maximum absolute atomic E-state index is 5.93. The van der Waals surface area contributed by atoms with Crippen LogP contribution < -0.4 is 5.73 Å². The predicted molar refractivity (Wildman–Crippen MR) is 70.9 cm³/mol. The van der Waals surface area contributed by atoms with Crippen molar-refractivity contribution in [2.24, 2.45) is 16.1 Å². The van der Waals surface area contributed by atoms with E-state index in [4.69, 9.17) is 10.5 Å². The third-order valence-corrected chi connectivity index (χ3v) is 4.50. The molecule has 2 N–H and O–H groups in total. The van der Waals surface area contributed by atoms with Crippen LogP contribution in [0.2, 0.25) is 0 Å². The maximum atomic E-state index is 5.93. The summed E-state index contributed by atoms with van der Waals surface area (Å²) in [7, 11) is 1.85. The molecule has 0 saturated carbocycles. The van der Waals surface area contributed by atoms with Crippen molar-refractivity contribution in [2.75, 3.05) is 26.8 Å². The molecule has 15 heavy (non-hydrogen) atoms. The molecule has 1 heterocycles. The standard InChI is InChI=1S/C10H19BrN2OS/c1-8(11)15-9(13-2)10(7-12)3-5-14-6-4-10/h8H,3-7,12H2,1-2H3. The molecule has 1 saturated heterocycles. The Kier molecular flexibility index (Phi) is 5.60. The second-order valence-corrected chi connectivity index (χ2v) is 7.10. The first-order valence-corrected chi connectivity index (χ1v) is 7.00. The van der Waals surface area contributed by atoms with Crippen molar-refractivity contribution in [1.29, 1.82) is 0 Å². The van der Waals surface area contributed by atoms with Crippen LogP contribution in [-0.4, -0.2) is 36.0 Å². The van der Waals surface area contributed by atoms with Crippen molar-refractivity contribution < 1.29 is 4.74 Å². The molecule has 0 radical (unpaired) electrons. The summed E-state index contributed by atoms with van der Waals surface area (Å²) in [5.41, 5.74) is 5.98. The lowest BCUT2D eigenvalue weighted by Gasteiger charge is -2.37. The highest BCUT2D eigenvalue weighted by molar-refractivity contribution is 9.11. The van der Waals surface area contributed by atoms with Crippen LogP contribution in [0.4, 0.5) is 0 Å². The van der Waals surface area contributed by atoms with Gasteiger partial charge in [0.1, 0.15) is 0 Å². The van der Waals surface area contributed by atoms with Crippen LogP contribution in [0.1, 0.15) is 19.8 Å². The summed E-state index contributed by atoms with van der Waals surface area (Å²) in [5.74, 6) is 0. The second-order valence-electron chi connectivity index (χ2n) is 3.79. The minimum Gasteiger partial charge on any atom is -0.381 e. The first-order chi connectivity index (χ1) is 7.14. The van der Waals surface area contributed by atoms with Crippen LogP contribution in [0.5, 0.6) is 0 Å². The van der Waals surface area contributed by atoms with Crippen LogP contribution in [0.15, 0.2) is 4.99 Å². The molecule has 1 fully saturated rings. The zero-order valence-electron chi connectivity index (χ0n) is 9.33. The van der Waals surface area contributed by atoms with Crippen molar-refractivity contribution in [3.8, 4) is 0 Å². The summed E-state index contributed by atoms with van der Waals surface area (Å²) in [6, 6.07) is 0. The largest absolute Gasteiger partial charge is 0.381 e. The number of rotatable bonds is 3. The number of ether oxygens (including phenoxy) is 1. The van der Waals surface area contributed by atoms with Gasteiger partial charge in [-0.05, 0) is 19.8 Å². The quantitative estimate of drug-likeness (QED) is 0.493. The Hall–Kier alpha value is 0.420. The number of hydrogen-bond donors (Lipinski definition) is 1. The van der Waals surface area contributed by atoms with E-state index in [-0.39, 0.29) is 5.41 Å². The highest BCUT2D eigenvalue weighted by atomic mass is 79.9. The molecule has 0 aromatic heterocycles. The number of nitrogens with two attached hydrogens (primary N) is 1. The third-order valence-electron chi connectivity index (χ3n) is 2.77. The van der Waals surface area contributed by atoms with Crippen LogP contribution in [0, 0.1) is 5.41 Å². The molecule has 0 aromatic rings. The second kappa shape index (κ2) is 6.23. The van der Waals surface area contributed by atoms with E-state index in [9.17, 15) is 0 Å². The molecule has 88 valence electrons. The molecule has 0 aromatic carbocycles. The summed E-state index contributed by atoms with van der Waals surface area (Å²) in [4.78, 5) is 4.41. The van der Waals surface area contributed by atoms with Crippen molar-refractivity contribution in [2.45, 2.75) is 23.9 Å². The van der Waals surface area contributed by atoms with E-state index in [0.29, 0.717) is 10.7 Å². The van der Waals surface area contributed by atoms with Gasteiger partial charge in [0.05, 0.1) is 9.20 Å². The summed E-state index contributed by atoms with van der Waals surface area (Å²) < 4.78 is 5.77. The van der Waals surface area contributed by atoms with Gasteiger partial charge in [0.25, 0.3) is 0 Å².